The van der Waals surface area contributed by atoms with E-state index in [1.807, 2.05) is 0 Å². The Morgan fingerprint density at radius 3 is 2.55 bits per heavy atom. The van der Waals surface area contributed by atoms with Crippen molar-refractivity contribution in [3.05, 3.63) is 23.7 Å². The number of alkyl halides is 3. The van der Waals surface area contributed by atoms with Crippen molar-refractivity contribution >= 4 is 5.82 Å². The minimum Gasteiger partial charge on any atom is -0.419 e. The lowest BCUT2D eigenvalue weighted by Crippen LogP contribution is -2.13. The summed E-state index contributed by atoms with van der Waals surface area (Å²) in [6, 6.07) is 2.82. The summed E-state index contributed by atoms with van der Waals surface area (Å²) in [6.07, 6.45) is -4.65. The maximum Gasteiger partial charge on any atom is 0.451 e. The Hall–Kier alpha value is -2.32. The van der Waals surface area contributed by atoms with Crippen molar-refractivity contribution in [3.8, 4) is 11.8 Å². The molecule has 6 nitrogen and oxygen atoms in total. The van der Waals surface area contributed by atoms with Gasteiger partial charge in [-0.3, -0.25) is 5.10 Å². The Bertz CT molecular complexity index is 596. The van der Waals surface area contributed by atoms with Crippen molar-refractivity contribution in [2.75, 3.05) is 11.9 Å². The zero-order chi connectivity index (χ0) is 14.8. The first-order chi connectivity index (χ1) is 9.38. The van der Waals surface area contributed by atoms with Crippen molar-refractivity contribution in [2.24, 2.45) is 0 Å². The maximum atomic E-state index is 12.7. The van der Waals surface area contributed by atoms with Gasteiger partial charge in [0.2, 0.25) is 17.6 Å². The van der Waals surface area contributed by atoms with E-state index >= 15 is 0 Å². The summed E-state index contributed by atoms with van der Waals surface area (Å²) in [5.41, 5.74) is 0.719. The van der Waals surface area contributed by atoms with Crippen LogP contribution in [0.1, 0.15) is 18.4 Å². The third kappa shape index (κ3) is 3.37. The van der Waals surface area contributed by atoms with Gasteiger partial charge in [0.15, 0.2) is 0 Å². The van der Waals surface area contributed by atoms with Gasteiger partial charge in [-0.05, 0) is 13.8 Å². The van der Waals surface area contributed by atoms with Crippen LogP contribution in [0, 0.1) is 6.92 Å². The van der Waals surface area contributed by atoms with Crippen LogP contribution in [-0.4, -0.2) is 26.7 Å². The fraction of sp³-hybridized carbons (Fsp3) is 0.364. The monoisotopic (exact) mass is 287 g/mol. The fourth-order valence-corrected chi connectivity index (χ4v) is 1.43. The summed E-state index contributed by atoms with van der Waals surface area (Å²) in [5.74, 6) is -1.32. The van der Waals surface area contributed by atoms with Crippen LogP contribution in [0.3, 0.4) is 0 Å². The van der Waals surface area contributed by atoms with Gasteiger partial charge in [-0.1, -0.05) is 0 Å². The first-order valence-corrected chi connectivity index (χ1v) is 5.78. The van der Waals surface area contributed by atoms with E-state index in [2.05, 4.69) is 25.5 Å². The molecule has 20 heavy (non-hydrogen) atoms. The van der Waals surface area contributed by atoms with E-state index < -0.39 is 12.0 Å². The van der Waals surface area contributed by atoms with E-state index in [4.69, 9.17) is 4.74 Å². The molecule has 108 valence electrons. The van der Waals surface area contributed by atoms with Crippen molar-refractivity contribution in [1.29, 1.82) is 0 Å². The van der Waals surface area contributed by atoms with E-state index in [-0.39, 0.29) is 17.6 Å². The van der Waals surface area contributed by atoms with Crippen molar-refractivity contribution in [2.45, 2.75) is 20.0 Å². The predicted molar refractivity (Wildman–Crippen MR) is 64.6 cm³/mol. The molecule has 0 aliphatic heterocycles. The fourth-order valence-electron chi connectivity index (χ4n) is 1.43. The number of aryl methyl sites for hydroxylation is 1. The maximum absolute atomic E-state index is 12.7. The standard InChI is InChI=1S/C11H12F3N5O/c1-3-15-7-5-8(17-10(16-7)11(12,13)14)20-9-4-6(2)18-19-9/h4-5H,3H2,1-2H3,(H,18,19)(H,15,16,17). The highest BCUT2D eigenvalue weighted by atomic mass is 19.4. The van der Waals surface area contributed by atoms with Crippen LogP contribution >= 0.6 is 0 Å². The van der Waals surface area contributed by atoms with E-state index in [1.165, 1.54) is 6.07 Å². The smallest absolute Gasteiger partial charge is 0.419 e. The number of rotatable bonds is 4. The molecule has 0 fully saturated rings. The Morgan fingerprint density at radius 2 is 2.00 bits per heavy atom. The Kier molecular flexibility index (Phi) is 3.77. The summed E-state index contributed by atoms with van der Waals surface area (Å²) in [4.78, 5) is 6.73. The molecule has 2 aromatic heterocycles. The molecule has 2 heterocycles. The number of nitrogens with one attached hydrogen (secondary N) is 2. The largest absolute Gasteiger partial charge is 0.451 e. The van der Waals surface area contributed by atoms with Gasteiger partial charge in [0.25, 0.3) is 0 Å². The average Bonchev–Trinajstić information content (AvgIpc) is 2.74. The first kappa shape index (κ1) is 14.1. The number of nitrogens with zero attached hydrogens (tertiary/aromatic N) is 3. The molecular formula is C11H12F3N5O. The van der Waals surface area contributed by atoms with Gasteiger partial charge in [0, 0.05) is 24.4 Å². The van der Waals surface area contributed by atoms with Gasteiger partial charge in [0.05, 0.1) is 0 Å². The highest BCUT2D eigenvalue weighted by Gasteiger charge is 2.35. The molecule has 2 aromatic rings. The van der Waals surface area contributed by atoms with Crippen LogP contribution < -0.4 is 10.1 Å². The molecule has 0 amide bonds. The molecule has 0 radical (unpaired) electrons. The molecule has 0 atom stereocenters. The number of ether oxygens (including phenoxy) is 1. The zero-order valence-corrected chi connectivity index (χ0v) is 10.7. The van der Waals surface area contributed by atoms with Crippen molar-refractivity contribution in [3.63, 3.8) is 0 Å². The molecule has 0 unspecified atom stereocenters. The highest BCUT2D eigenvalue weighted by Crippen LogP contribution is 2.30. The van der Waals surface area contributed by atoms with E-state index in [9.17, 15) is 13.2 Å². The second kappa shape index (κ2) is 5.35. The number of hydrogen-bond donors (Lipinski definition) is 2. The lowest BCUT2D eigenvalue weighted by molar-refractivity contribution is -0.145. The third-order valence-electron chi connectivity index (χ3n) is 2.21. The first-order valence-electron chi connectivity index (χ1n) is 5.78. The zero-order valence-electron chi connectivity index (χ0n) is 10.7. The number of aromatic amines is 1. The number of halogens is 3. The van der Waals surface area contributed by atoms with Crippen LogP contribution in [-0.2, 0) is 6.18 Å². The summed E-state index contributed by atoms with van der Waals surface area (Å²) in [6.45, 7) is 3.91. The molecule has 0 aromatic carbocycles. The minimum absolute atomic E-state index is 0.0390. The second-order valence-corrected chi connectivity index (χ2v) is 3.93. The molecular weight excluding hydrogens is 275 g/mol. The Labute approximate surface area is 112 Å². The Balaban J connectivity index is 2.33. The van der Waals surface area contributed by atoms with Gasteiger partial charge in [0.1, 0.15) is 5.82 Å². The van der Waals surface area contributed by atoms with Gasteiger partial charge in [-0.25, -0.2) is 4.98 Å². The van der Waals surface area contributed by atoms with Gasteiger partial charge < -0.3 is 10.1 Å². The van der Waals surface area contributed by atoms with Gasteiger partial charge in [-0.2, -0.15) is 18.2 Å². The topological polar surface area (TPSA) is 75.7 Å². The third-order valence-corrected chi connectivity index (χ3v) is 2.21. The molecule has 0 spiro atoms. The van der Waals surface area contributed by atoms with E-state index in [0.717, 1.165) is 5.69 Å². The van der Waals surface area contributed by atoms with Crippen LogP contribution in [0.5, 0.6) is 11.8 Å². The quantitative estimate of drug-likeness (QED) is 0.904. The second-order valence-electron chi connectivity index (χ2n) is 3.93. The summed E-state index contributed by atoms with van der Waals surface area (Å²) < 4.78 is 43.3. The SMILES string of the molecule is CCNc1cc(Oc2cc(C)[nH]n2)nc(C(F)(F)F)n1. The van der Waals surface area contributed by atoms with Crippen molar-refractivity contribution in [1.82, 2.24) is 20.2 Å². The molecule has 0 aliphatic carbocycles. The van der Waals surface area contributed by atoms with E-state index in [0.29, 0.717) is 6.54 Å². The molecule has 0 aliphatic rings. The summed E-state index contributed by atoms with van der Waals surface area (Å²) in [7, 11) is 0. The van der Waals surface area contributed by atoms with E-state index in [1.54, 1.807) is 19.9 Å². The van der Waals surface area contributed by atoms with Crippen molar-refractivity contribution < 1.29 is 17.9 Å². The van der Waals surface area contributed by atoms with Crippen LogP contribution in [0.4, 0.5) is 19.0 Å². The Morgan fingerprint density at radius 1 is 1.25 bits per heavy atom. The summed E-state index contributed by atoms with van der Waals surface area (Å²) in [5, 5.41) is 9.08. The van der Waals surface area contributed by atoms with Crippen LogP contribution in [0.2, 0.25) is 0 Å². The molecule has 9 heteroatoms. The molecule has 2 N–H and O–H groups in total. The minimum atomic E-state index is -4.65. The van der Waals surface area contributed by atoms with Crippen LogP contribution in [0.15, 0.2) is 12.1 Å². The highest BCUT2D eigenvalue weighted by molar-refractivity contribution is 5.39. The molecule has 2 rings (SSSR count). The normalized spacial score (nSPS) is 11.4. The van der Waals surface area contributed by atoms with Gasteiger partial charge in [-0.15, -0.1) is 5.10 Å². The average molecular weight is 287 g/mol. The number of aromatic nitrogens is 4. The lowest BCUT2D eigenvalue weighted by Gasteiger charge is -2.10. The molecule has 0 saturated carbocycles. The van der Waals surface area contributed by atoms with Crippen LogP contribution in [0.25, 0.3) is 0 Å². The molecule has 0 saturated heterocycles. The molecule has 0 bridgehead atoms. The van der Waals surface area contributed by atoms with Gasteiger partial charge >= 0.3 is 6.18 Å². The number of H-pyrrole nitrogens is 1. The summed E-state index contributed by atoms with van der Waals surface area (Å²) >= 11 is 0. The number of hydrogen-bond acceptors (Lipinski definition) is 5. The lowest BCUT2D eigenvalue weighted by atomic mass is 10.4. The number of anilines is 1. The predicted octanol–water partition coefficient (Wildman–Crippen LogP) is 2.75.